The van der Waals surface area contributed by atoms with Crippen LogP contribution in [0.2, 0.25) is 0 Å². The molecule has 5 nitrogen and oxygen atoms in total. The van der Waals surface area contributed by atoms with Gasteiger partial charge in [0.2, 0.25) is 0 Å². The highest BCUT2D eigenvalue weighted by Crippen LogP contribution is 2.30. The molecular weight excluding hydrogens is 204 g/mol. The zero-order chi connectivity index (χ0) is 11.1. The van der Waals surface area contributed by atoms with Crippen molar-refractivity contribution in [3.05, 3.63) is 18.0 Å². The molecule has 86 valence electrons. The maximum absolute atomic E-state index is 12.1. The number of rotatable bonds is 1. The SMILES string of the molecule is CN1CC2CN(C(=O)c3cn[nH]c3)CC2C1. The molecule has 0 spiro atoms. The number of fused-ring (bicyclic) bond motifs is 1. The third-order valence-electron chi connectivity index (χ3n) is 3.70. The Morgan fingerprint density at radius 2 is 2.06 bits per heavy atom. The number of amides is 1. The summed E-state index contributed by atoms with van der Waals surface area (Å²) in [6.45, 7) is 4.05. The van der Waals surface area contributed by atoms with Crippen molar-refractivity contribution in [3.8, 4) is 0 Å². The van der Waals surface area contributed by atoms with E-state index in [1.54, 1.807) is 12.4 Å². The van der Waals surface area contributed by atoms with Crippen molar-refractivity contribution in [2.24, 2.45) is 11.8 Å². The molecule has 2 fully saturated rings. The van der Waals surface area contributed by atoms with Crippen molar-refractivity contribution in [2.75, 3.05) is 33.2 Å². The van der Waals surface area contributed by atoms with Gasteiger partial charge >= 0.3 is 0 Å². The minimum Gasteiger partial charge on any atom is -0.338 e. The minimum absolute atomic E-state index is 0.116. The second-order valence-electron chi connectivity index (χ2n) is 4.94. The number of aromatic nitrogens is 2. The summed E-state index contributed by atoms with van der Waals surface area (Å²) in [4.78, 5) is 16.4. The Labute approximate surface area is 94.4 Å². The van der Waals surface area contributed by atoms with Crippen LogP contribution in [-0.4, -0.2) is 59.1 Å². The largest absolute Gasteiger partial charge is 0.338 e. The molecule has 0 radical (unpaired) electrons. The van der Waals surface area contributed by atoms with Crippen molar-refractivity contribution in [2.45, 2.75) is 0 Å². The second kappa shape index (κ2) is 3.59. The van der Waals surface area contributed by atoms with E-state index in [1.165, 1.54) is 0 Å². The Kier molecular flexibility index (Phi) is 2.21. The smallest absolute Gasteiger partial charge is 0.257 e. The van der Waals surface area contributed by atoms with Crippen LogP contribution in [0.5, 0.6) is 0 Å². The van der Waals surface area contributed by atoms with Crippen molar-refractivity contribution in [1.82, 2.24) is 20.0 Å². The number of H-pyrrole nitrogens is 1. The molecule has 0 aromatic carbocycles. The van der Waals surface area contributed by atoms with Gasteiger partial charge in [0.1, 0.15) is 0 Å². The maximum Gasteiger partial charge on any atom is 0.257 e. The van der Waals surface area contributed by atoms with E-state index in [9.17, 15) is 4.79 Å². The van der Waals surface area contributed by atoms with Gasteiger partial charge in [-0.1, -0.05) is 0 Å². The first kappa shape index (κ1) is 9.84. The molecular formula is C11H16N4O. The lowest BCUT2D eigenvalue weighted by Gasteiger charge is -2.18. The lowest BCUT2D eigenvalue weighted by atomic mass is 10.0. The Morgan fingerprint density at radius 1 is 1.38 bits per heavy atom. The van der Waals surface area contributed by atoms with Crippen LogP contribution in [-0.2, 0) is 0 Å². The normalized spacial score (nSPS) is 29.7. The van der Waals surface area contributed by atoms with E-state index in [-0.39, 0.29) is 5.91 Å². The molecule has 1 aromatic rings. The van der Waals surface area contributed by atoms with Gasteiger partial charge in [-0.05, 0) is 18.9 Å². The highest BCUT2D eigenvalue weighted by molar-refractivity contribution is 5.93. The average Bonchev–Trinajstić information content (AvgIpc) is 2.89. The monoisotopic (exact) mass is 220 g/mol. The first-order valence-electron chi connectivity index (χ1n) is 5.70. The van der Waals surface area contributed by atoms with Crippen LogP contribution >= 0.6 is 0 Å². The van der Waals surface area contributed by atoms with Gasteiger partial charge in [-0.25, -0.2) is 0 Å². The highest BCUT2D eigenvalue weighted by atomic mass is 16.2. The van der Waals surface area contributed by atoms with E-state index in [0.717, 1.165) is 26.2 Å². The van der Waals surface area contributed by atoms with Crippen molar-refractivity contribution in [3.63, 3.8) is 0 Å². The van der Waals surface area contributed by atoms with Crippen molar-refractivity contribution in [1.29, 1.82) is 0 Å². The number of likely N-dealkylation sites (tertiary alicyclic amines) is 2. The van der Waals surface area contributed by atoms with Crippen molar-refractivity contribution >= 4 is 5.91 Å². The van der Waals surface area contributed by atoms with Crippen LogP contribution in [0, 0.1) is 11.8 Å². The summed E-state index contributed by atoms with van der Waals surface area (Å²) in [5.74, 6) is 1.45. The molecule has 3 heterocycles. The molecule has 1 N–H and O–H groups in total. The summed E-state index contributed by atoms with van der Waals surface area (Å²) in [7, 11) is 2.15. The number of hydrogen-bond donors (Lipinski definition) is 1. The molecule has 1 aromatic heterocycles. The maximum atomic E-state index is 12.1. The van der Waals surface area contributed by atoms with Gasteiger partial charge in [-0.2, -0.15) is 5.10 Å². The third-order valence-corrected chi connectivity index (χ3v) is 3.70. The zero-order valence-electron chi connectivity index (χ0n) is 9.39. The summed E-state index contributed by atoms with van der Waals surface area (Å²) in [5, 5.41) is 6.50. The van der Waals surface area contributed by atoms with Crippen LogP contribution in [0.25, 0.3) is 0 Å². The highest BCUT2D eigenvalue weighted by Gasteiger charge is 2.40. The lowest BCUT2D eigenvalue weighted by Crippen LogP contribution is -2.32. The van der Waals surface area contributed by atoms with Gasteiger partial charge < -0.3 is 9.80 Å². The fourth-order valence-corrected chi connectivity index (χ4v) is 2.94. The van der Waals surface area contributed by atoms with Gasteiger partial charge in [-0.15, -0.1) is 0 Å². The summed E-state index contributed by atoms with van der Waals surface area (Å²) in [5.41, 5.74) is 0.674. The van der Waals surface area contributed by atoms with Crippen LogP contribution in [0.4, 0.5) is 0 Å². The molecule has 0 saturated carbocycles. The Bertz CT molecular complexity index is 375. The number of nitrogens with zero attached hydrogens (tertiary/aromatic N) is 3. The van der Waals surface area contributed by atoms with Gasteiger partial charge in [0.15, 0.2) is 0 Å². The van der Waals surface area contributed by atoms with Gasteiger partial charge in [0.05, 0.1) is 11.8 Å². The Hall–Kier alpha value is -1.36. The lowest BCUT2D eigenvalue weighted by molar-refractivity contribution is 0.0776. The van der Waals surface area contributed by atoms with E-state index in [0.29, 0.717) is 17.4 Å². The molecule has 0 aliphatic carbocycles. The average molecular weight is 220 g/mol. The fraction of sp³-hybridized carbons (Fsp3) is 0.636. The summed E-state index contributed by atoms with van der Waals surface area (Å²) >= 11 is 0. The van der Waals surface area contributed by atoms with Gasteiger partial charge in [0, 0.05) is 32.4 Å². The molecule has 2 saturated heterocycles. The van der Waals surface area contributed by atoms with Gasteiger partial charge in [0.25, 0.3) is 5.91 Å². The van der Waals surface area contributed by atoms with Crippen molar-refractivity contribution < 1.29 is 4.79 Å². The van der Waals surface area contributed by atoms with E-state index < -0.39 is 0 Å². The molecule has 3 rings (SSSR count). The van der Waals surface area contributed by atoms with Gasteiger partial charge in [-0.3, -0.25) is 9.89 Å². The number of aromatic amines is 1. The summed E-state index contributed by atoms with van der Waals surface area (Å²) in [6, 6.07) is 0. The number of carbonyl (C=O) groups is 1. The second-order valence-corrected chi connectivity index (χ2v) is 4.94. The van der Waals surface area contributed by atoms with E-state index >= 15 is 0 Å². The predicted molar refractivity (Wildman–Crippen MR) is 59.0 cm³/mol. The first-order chi connectivity index (χ1) is 7.74. The molecule has 2 aliphatic rings. The van der Waals surface area contributed by atoms with Crippen LogP contribution in [0.15, 0.2) is 12.4 Å². The zero-order valence-corrected chi connectivity index (χ0v) is 9.39. The number of carbonyl (C=O) groups excluding carboxylic acids is 1. The Balaban J connectivity index is 1.69. The van der Waals surface area contributed by atoms with E-state index in [4.69, 9.17) is 0 Å². The van der Waals surface area contributed by atoms with E-state index in [1.807, 2.05) is 4.90 Å². The summed E-state index contributed by atoms with van der Waals surface area (Å²) in [6.07, 6.45) is 3.27. The molecule has 2 unspecified atom stereocenters. The first-order valence-corrected chi connectivity index (χ1v) is 5.70. The standard InChI is InChI=1S/C11H16N4O/c1-14-4-9-6-15(7-10(9)5-14)11(16)8-2-12-13-3-8/h2-3,9-10H,4-7H2,1H3,(H,12,13). The van der Waals surface area contributed by atoms with E-state index in [2.05, 4.69) is 22.1 Å². The molecule has 2 aliphatic heterocycles. The number of nitrogens with one attached hydrogen (secondary N) is 1. The number of hydrogen-bond acceptors (Lipinski definition) is 3. The van der Waals surface area contributed by atoms with Crippen LogP contribution < -0.4 is 0 Å². The fourth-order valence-electron chi connectivity index (χ4n) is 2.94. The molecule has 2 atom stereocenters. The molecule has 5 heteroatoms. The minimum atomic E-state index is 0.116. The molecule has 16 heavy (non-hydrogen) atoms. The van der Waals surface area contributed by atoms with Crippen LogP contribution in [0.3, 0.4) is 0 Å². The quantitative estimate of drug-likeness (QED) is 0.727. The molecule has 0 bridgehead atoms. The predicted octanol–water partition coefficient (Wildman–Crippen LogP) is 0.0433. The third kappa shape index (κ3) is 1.51. The molecule has 1 amide bonds. The van der Waals surface area contributed by atoms with Crippen LogP contribution in [0.1, 0.15) is 10.4 Å². The summed E-state index contributed by atoms with van der Waals surface area (Å²) < 4.78 is 0. The topological polar surface area (TPSA) is 52.2 Å². The Morgan fingerprint density at radius 3 is 2.62 bits per heavy atom.